The molecule has 1 rings (SSSR count). The highest BCUT2D eigenvalue weighted by atomic mass is 35.5. The van der Waals surface area contributed by atoms with Crippen molar-refractivity contribution in [2.24, 2.45) is 5.41 Å². The van der Waals surface area contributed by atoms with Crippen LogP contribution in [-0.2, 0) is 0 Å². The molecule has 0 saturated heterocycles. The number of hydrogen-bond acceptors (Lipinski definition) is 3. The topological polar surface area (TPSA) is 63.5 Å². The summed E-state index contributed by atoms with van der Waals surface area (Å²) in [5, 5.41) is 11.0. The molecular formula is C13H17ClN2O3. The molecule has 0 radical (unpaired) electrons. The minimum atomic E-state index is -0.625. The van der Waals surface area contributed by atoms with E-state index in [2.05, 4.69) is 0 Å². The Hall–Kier alpha value is -1.62. The summed E-state index contributed by atoms with van der Waals surface area (Å²) in [6.45, 7) is 6.46. The van der Waals surface area contributed by atoms with E-state index in [1.54, 1.807) is 7.05 Å². The minimum absolute atomic E-state index is 0.0178. The number of para-hydroxylation sites is 1. The molecule has 1 aromatic rings. The van der Waals surface area contributed by atoms with E-state index < -0.39 is 10.8 Å². The van der Waals surface area contributed by atoms with E-state index in [4.69, 9.17) is 11.6 Å². The van der Waals surface area contributed by atoms with E-state index in [0.717, 1.165) is 0 Å². The highest BCUT2D eigenvalue weighted by Gasteiger charge is 2.27. The summed E-state index contributed by atoms with van der Waals surface area (Å²) >= 11 is 5.79. The molecule has 1 aromatic carbocycles. The molecule has 0 bridgehead atoms. The predicted molar refractivity (Wildman–Crippen MR) is 74.5 cm³/mol. The lowest BCUT2D eigenvalue weighted by Crippen LogP contribution is -2.34. The van der Waals surface area contributed by atoms with E-state index >= 15 is 0 Å². The first-order valence-corrected chi connectivity index (χ1v) is 6.19. The number of nitrogens with zero attached hydrogens (tertiary/aromatic N) is 2. The Kier molecular flexibility index (Phi) is 4.52. The van der Waals surface area contributed by atoms with Crippen molar-refractivity contribution < 1.29 is 9.72 Å². The van der Waals surface area contributed by atoms with Gasteiger partial charge in [-0.25, -0.2) is 0 Å². The highest BCUT2D eigenvalue weighted by Crippen LogP contribution is 2.29. The summed E-state index contributed by atoms with van der Waals surface area (Å²) in [7, 11) is 1.62. The van der Waals surface area contributed by atoms with Crippen LogP contribution in [0.2, 0.25) is 5.02 Å². The lowest BCUT2D eigenvalue weighted by atomic mass is 9.96. The van der Waals surface area contributed by atoms with Gasteiger partial charge in [-0.15, -0.1) is 0 Å². The molecule has 0 fully saturated rings. The van der Waals surface area contributed by atoms with Crippen molar-refractivity contribution in [1.29, 1.82) is 0 Å². The third kappa shape index (κ3) is 3.92. The van der Waals surface area contributed by atoms with Crippen LogP contribution in [0.5, 0.6) is 0 Å². The van der Waals surface area contributed by atoms with Gasteiger partial charge in [0.25, 0.3) is 5.91 Å². The molecule has 5 nitrogen and oxygen atoms in total. The standard InChI is InChI=1S/C13H17ClN2O3/c1-13(2,3)8-15(4)12(17)9-6-5-7-10(14)11(9)16(18)19/h5-7H,8H2,1-4H3. The predicted octanol–water partition coefficient (Wildman–Crippen LogP) is 3.37. The van der Waals surface area contributed by atoms with E-state index in [9.17, 15) is 14.9 Å². The van der Waals surface area contributed by atoms with Crippen LogP contribution in [0.3, 0.4) is 0 Å². The van der Waals surface area contributed by atoms with Crippen LogP contribution in [0.1, 0.15) is 31.1 Å². The molecule has 0 unspecified atom stereocenters. The molecule has 0 aromatic heterocycles. The minimum Gasteiger partial charge on any atom is -0.341 e. The van der Waals surface area contributed by atoms with Crippen molar-refractivity contribution in [3.8, 4) is 0 Å². The number of hydrogen-bond donors (Lipinski definition) is 0. The van der Waals surface area contributed by atoms with Crippen molar-refractivity contribution in [2.75, 3.05) is 13.6 Å². The number of amides is 1. The van der Waals surface area contributed by atoms with Gasteiger partial charge in [0.1, 0.15) is 10.6 Å². The monoisotopic (exact) mass is 284 g/mol. The summed E-state index contributed by atoms with van der Waals surface area (Å²) in [5.74, 6) is -0.399. The molecule has 104 valence electrons. The summed E-state index contributed by atoms with van der Waals surface area (Å²) in [6, 6.07) is 4.36. The van der Waals surface area contributed by atoms with Crippen LogP contribution in [0.25, 0.3) is 0 Å². The van der Waals surface area contributed by atoms with Crippen molar-refractivity contribution in [3.05, 3.63) is 38.9 Å². The van der Waals surface area contributed by atoms with Crippen LogP contribution < -0.4 is 0 Å². The first-order valence-electron chi connectivity index (χ1n) is 5.82. The third-order valence-electron chi connectivity index (χ3n) is 2.46. The number of rotatable bonds is 3. The van der Waals surface area contributed by atoms with Crippen molar-refractivity contribution in [2.45, 2.75) is 20.8 Å². The molecule has 1 amide bonds. The summed E-state index contributed by atoms with van der Waals surface area (Å²) in [4.78, 5) is 24.1. The van der Waals surface area contributed by atoms with Gasteiger partial charge in [-0.3, -0.25) is 14.9 Å². The Labute approximate surface area is 117 Å². The number of nitro benzene ring substituents is 1. The number of carbonyl (C=O) groups is 1. The van der Waals surface area contributed by atoms with E-state index in [1.807, 2.05) is 20.8 Å². The van der Waals surface area contributed by atoms with Crippen molar-refractivity contribution >= 4 is 23.2 Å². The van der Waals surface area contributed by atoms with Crippen molar-refractivity contribution in [1.82, 2.24) is 4.90 Å². The summed E-state index contributed by atoms with van der Waals surface area (Å²) in [5.41, 5.74) is -0.406. The Bertz CT molecular complexity index is 509. The van der Waals surface area contributed by atoms with Gasteiger partial charge in [-0.05, 0) is 17.5 Å². The second-order valence-corrected chi connectivity index (χ2v) is 6.02. The van der Waals surface area contributed by atoms with Gasteiger partial charge in [0.15, 0.2) is 0 Å². The van der Waals surface area contributed by atoms with E-state index in [-0.39, 0.29) is 21.7 Å². The average molecular weight is 285 g/mol. The molecule has 0 N–H and O–H groups in total. The number of benzene rings is 1. The Balaban J connectivity index is 3.13. The summed E-state index contributed by atoms with van der Waals surface area (Å²) in [6.07, 6.45) is 0. The fourth-order valence-electron chi connectivity index (χ4n) is 1.86. The molecule has 0 spiro atoms. The van der Waals surface area contributed by atoms with Crippen LogP contribution in [-0.4, -0.2) is 29.3 Å². The quantitative estimate of drug-likeness (QED) is 0.631. The number of carbonyl (C=O) groups excluding carboxylic acids is 1. The first-order chi connectivity index (χ1) is 8.63. The SMILES string of the molecule is CN(CC(C)(C)C)C(=O)c1cccc(Cl)c1[N+](=O)[O-]. The molecule has 0 atom stereocenters. The molecule has 6 heteroatoms. The van der Waals surface area contributed by atoms with Gasteiger partial charge in [0.05, 0.1) is 4.92 Å². The van der Waals surface area contributed by atoms with Gasteiger partial charge < -0.3 is 4.90 Å². The maximum absolute atomic E-state index is 12.3. The fraction of sp³-hybridized carbons (Fsp3) is 0.462. The first kappa shape index (κ1) is 15.4. The maximum Gasteiger partial charge on any atom is 0.300 e. The number of nitro groups is 1. The normalized spacial score (nSPS) is 11.2. The highest BCUT2D eigenvalue weighted by molar-refractivity contribution is 6.33. The van der Waals surface area contributed by atoms with Gasteiger partial charge in [0, 0.05) is 13.6 Å². The largest absolute Gasteiger partial charge is 0.341 e. The molecule has 0 aliphatic carbocycles. The molecular weight excluding hydrogens is 268 g/mol. The van der Waals surface area contributed by atoms with Crippen LogP contribution in [0, 0.1) is 15.5 Å². The zero-order valence-electron chi connectivity index (χ0n) is 11.4. The molecule has 19 heavy (non-hydrogen) atoms. The van der Waals surface area contributed by atoms with Gasteiger partial charge in [-0.2, -0.15) is 0 Å². The maximum atomic E-state index is 12.3. The lowest BCUT2D eigenvalue weighted by Gasteiger charge is -2.26. The van der Waals surface area contributed by atoms with E-state index in [1.165, 1.54) is 23.1 Å². The Morgan fingerprint density at radius 1 is 1.42 bits per heavy atom. The Morgan fingerprint density at radius 2 is 2.00 bits per heavy atom. The third-order valence-corrected chi connectivity index (χ3v) is 2.76. The second kappa shape index (κ2) is 5.57. The molecule has 0 aliphatic rings. The molecule has 0 aliphatic heterocycles. The van der Waals surface area contributed by atoms with Gasteiger partial charge >= 0.3 is 5.69 Å². The zero-order valence-corrected chi connectivity index (χ0v) is 12.2. The smallest absolute Gasteiger partial charge is 0.300 e. The Morgan fingerprint density at radius 3 is 2.47 bits per heavy atom. The molecule has 0 heterocycles. The number of halogens is 1. The van der Waals surface area contributed by atoms with E-state index in [0.29, 0.717) is 6.54 Å². The van der Waals surface area contributed by atoms with Crippen LogP contribution in [0.4, 0.5) is 5.69 Å². The fourth-order valence-corrected chi connectivity index (χ4v) is 2.11. The average Bonchev–Trinajstić information content (AvgIpc) is 2.24. The zero-order chi connectivity index (χ0) is 14.8. The molecule has 0 saturated carbocycles. The summed E-state index contributed by atoms with van der Waals surface area (Å²) < 4.78 is 0. The van der Waals surface area contributed by atoms with Gasteiger partial charge in [-0.1, -0.05) is 38.4 Å². The van der Waals surface area contributed by atoms with Crippen LogP contribution in [0.15, 0.2) is 18.2 Å². The van der Waals surface area contributed by atoms with Gasteiger partial charge in [0.2, 0.25) is 0 Å². The van der Waals surface area contributed by atoms with Crippen molar-refractivity contribution in [3.63, 3.8) is 0 Å². The second-order valence-electron chi connectivity index (χ2n) is 5.61. The lowest BCUT2D eigenvalue weighted by molar-refractivity contribution is -0.385. The van der Waals surface area contributed by atoms with Crippen LogP contribution >= 0.6 is 11.6 Å².